The number of thiazole rings is 1. The molecule has 35 heavy (non-hydrogen) atoms. The molecule has 3 aromatic rings. The van der Waals surface area contributed by atoms with E-state index in [0.717, 1.165) is 13.1 Å². The molecule has 10 heteroatoms. The van der Waals surface area contributed by atoms with Crippen molar-refractivity contribution in [3.63, 3.8) is 0 Å². The number of ether oxygens (including phenoxy) is 3. The second-order valence-electron chi connectivity index (χ2n) is 7.39. The molecule has 0 spiro atoms. The molecule has 0 saturated heterocycles. The van der Waals surface area contributed by atoms with Gasteiger partial charge in [-0.25, -0.2) is 9.37 Å². The van der Waals surface area contributed by atoms with Gasteiger partial charge >= 0.3 is 0 Å². The third-order valence-corrected chi connectivity index (χ3v) is 6.54. The van der Waals surface area contributed by atoms with Gasteiger partial charge in [-0.05, 0) is 49.0 Å². The number of anilines is 1. The first-order valence-electron chi connectivity index (χ1n) is 11.0. The number of amides is 1. The van der Waals surface area contributed by atoms with Gasteiger partial charge in [-0.1, -0.05) is 31.3 Å². The van der Waals surface area contributed by atoms with Crippen molar-refractivity contribution in [2.75, 3.05) is 52.4 Å². The Morgan fingerprint density at radius 2 is 1.71 bits per heavy atom. The second-order valence-corrected chi connectivity index (χ2v) is 8.40. The minimum atomic E-state index is -0.399. The van der Waals surface area contributed by atoms with Gasteiger partial charge in [0.05, 0.1) is 26.0 Å². The Kier molecular flexibility index (Phi) is 10.8. The van der Waals surface area contributed by atoms with Crippen molar-refractivity contribution in [2.24, 2.45) is 0 Å². The number of carbonyl (C=O) groups is 1. The van der Waals surface area contributed by atoms with Crippen LogP contribution in [0.5, 0.6) is 17.2 Å². The first kappa shape index (κ1) is 28.4. The molecule has 0 unspecified atom stereocenters. The van der Waals surface area contributed by atoms with Crippen LogP contribution in [0.25, 0.3) is 16.3 Å². The molecule has 1 amide bonds. The summed E-state index contributed by atoms with van der Waals surface area (Å²) in [6.07, 6.45) is 3.16. The molecule has 3 rings (SSSR count). The number of benzene rings is 2. The number of rotatable bonds is 11. The molecule has 0 aliphatic rings. The highest BCUT2D eigenvalue weighted by Gasteiger charge is 2.20. The molecular formula is C25H31ClFN3O4S. The summed E-state index contributed by atoms with van der Waals surface area (Å²) in [4.78, 5) is 21.6. The Morgan fingerprint density at radius 3 is 2.26 bits per heavy atom. The predicted molar refractivity (Wildman–Crippen MR) is 142 cm³/mol. The van der Waals surface area contributed by atoms with Gasteiger partial charge < -0.3 is 19.1 Å². The number of methoxy groups -OCH3 is 3. The number of aromatic nitrogens is 1. The monoisotopic (exact) mass is 523 g/mol. The van der Waals surface area contributed by atoms with Crippen molar-refractivity contribution in [1.29, 1.82) is 0 Å². The number of carbonyl (C=O) groups excluding carboxylic acids is 1. The van der Waals surface area contributed by atoms with E-state index in [0.29, 0.717) is 45.7 Å². The van der Waals surface area contributed by atoms with Gasteiger partial charge in [0, 0.05) is 19.2 Å². The quantitative estimate of drug-likeness (QED) is 0.319. The smallest absolute Gasteiger partial charge is 0.252 e. The summed E-state index contributed by atoms with van der Waals surface area (Å²) >= 11 is 1.30. The molecule has 190 valence electrons. The SMILES string of the molecule is CCN(CC)CCN(C(=O)C=Cc1cc(OC)c(OC)c(OC)c1)c1nc2c(F)cccc2s1.Cl. The maximum atomic E-state index is 14.2. The van der Waals surface area contributed by atoms with Crippen molar-refractivity contribution in [1.82, 2.24) is 9.88 Å². The lowest BCUT2D eigenvalue weighted by Gasteiger charge is -2.23. The standard InChI is InChI=1S/C25H30FN3O4S.ClH/c1-6-28(7-2)13-14-29(25-27-23-18(26)9-8-10-21(23)34-25)22(30)12-11-17-15-19(31-3)24(33-5)20(16-17)32-4;/h8-12,15-16H,6-7,13-14H2,1-5H3;1H. The Balaban J connectivity index is 0.00000432. The number of halogens is 2. The first-order chi connectivity index (χ1) is 16.4. The molecule has 1 aromatic heterocycles. The molecule has 0 aliphatic heterocycles. The van der Waals surface area contributed by atoms with Gasteiger partial charge in [0.1, 0.15) is 11.3 Å². The number of hydrogen-bond donors (Lipinski definition) is 0. The Morgan fingerprint density at radius 1 is 1.06 bits per heavy atom. The van der Waals surface area contributed by atoms with Crippen LogP contribution in [0, 0.1) is 5.82 Å². The van der Waals surface area contributed by atoms with E-state index in [1.807, 2.05) is 0 Å². The van der Waals surface area contributed by atoms with Crippen LogP contribution < -0.4 is 19.1 Å². The molecule has 1 heterocycles. The first-order valence-corrected chi connectivity index (χ1v) is 11.8. The summed E-state index contributed by atoms with van der Waals surface area (Å²) in [6.45, 7) is 7.00. The van der Waals surface area contributed by atoms with E-state index >= 15 is 0 Å². The highest BCUT2D eigenvalue weighted by atomic mass is 35.5. The maximum Gasteiger partial charge on any atom is 0.252 e. The van der Waals surface area contributed by atoms with Gasteiger partial charge in [-0.15, -0.1) is 12.4 Å². The number of fused-ring (bicyclic) bond motifs is 1. The van der Waals surface area contributed by atoms with E-state index in [4.69, 9.17) is 14.2 Å². The van der Waals surface area contributed by atoms with Crippen LogP contribution in [0.2, 0.25) is 0 Å². The van der Waals surface area contributed by atoms with E-state index in [2.05, 4.69) is 23.7 Å². The second kappa shape index (κ2) is 13.3. The zero-order chi connectivity index (χ0) is 24.7. The molecule has 0 atom stereocenters. The van der Waals surface area contributed by atoms with Crippen LogP contribution in [0.3, 0.4) is 0 Å². The largest absolute Gasteiger partial charge is 0.493 e. The zero-order valence-corrected chi connectivity index (χ0v) is 22.2. The van der Waals surface area contributed by atoms with Crippen LogP contribution >= 0.6 is 23.7 Å². The third-order valence-electron chi connectivity index (χ3n) is 5.50. The fourth-order valence-corrected chi connectivity index (χ4v) is 4.57. The molecule has 0 radical (unpaired) electrons. The van der Waals surface area contributed by atoms with Gasteiger partial charge in [0.25, 0.3) is 5.91 Å². The normalized spacial score (nSPS) is 11.1. The Hall–Kier alpha value is -2.88. The lowest BCUT2D eigenvalue weighted by molar-refractivity contribution is -0.114. The van der Waals surface area contributed by atoms with Gasteiger partial charge in [0.2, 0.25) is 5.75 Å². The Labute approximate surface area is 215 Å². The molecule has 0 bridgehead atoms. The van der Waals surface area contributed by atoms with Gasteiger partial charge in [-0.3, -0.25) is 9.69 Å². The topological polar surface area (TPSA) is 64.1 Å². The minimum absolute atomic E-state index is 0. The summed E-state index contributed by atoms with van der Waals surface area (Å²) < 4.78 is 31.1. The summed E-state index contributed by atoms with van der Waals surface area (Å²) in [5.41, 5.74) is 0.985. The van der Waals surface area contributed by atoms with E-state index in [1.54, 1.807) is 35.2 Å². The average Bonchev–Trinajstić information content (AvgIpc) is 3.29. The summed E-state index contributed by atoms with van der Waals surface area (Å²) in [5, 5.41) is 0.465. The summed E-state index contributed by atoms with van der Waals surface area (Å²) in [7, 11) is 4.61. The molecule has 0 saturated carbocycles. The van der Waals surface area contributed by atoms with Crippen molar-refractivity contribution >= 4 is 51.1 Å². The zero-order valence-electron chi connectivity index (χ0n) is 20.5. The fraction of sp³-hybridized carbons (Fsp3) is 0.360. The fourth-order valence-electron chi connectivity index (χ4n) is 3.56. The molecule has 2 aromatic carbocycles. The third kappa shape index (κ3) is 6.62. The number of hydrogen-bond acceptors (Lipinski definition) is 7. The van der Waals surface area contributed by atoms with Crippen molar-refractivity contribution in [2.45, 2.75) is 13.8 Å². The lowest BCUT2D eigenvalue weighted by Crippen LogP contribution is -2.38. The number of likely N-dealkylation sites (N-methyl/N-ethyl adjacent to an activating group) is 1. The van der Waals surface area contributed by atoms with Gasteiger partial charge in [-0.2, -0.15) is 0 Å². The minimum Gasteiger partial charge on any atom is -0.493 e. The van der Waals surface area contributed by atoms with Crippen LogP contribution in [0.1, 0.15) is 19.4 Å². The summed E-state index contributed by atoms with van der Waals surface area (Å²) in [6, 6.07) is 8.35. The molecule has 0 aliphatic carbocycles. The van der Waals surface area contributed by atoms with Crippen molar-refractivity contribution in [3.05, 3.63) is 47.8 Å². The van der Waals surface area contributed by atoms with E-state index < -0.39 is 5.82 Å². The van der Waals surface area contributed by atoms with Crippen molar-refractivity contribution < 1.29 is 23.4 Å². The van der Waals surface area contributed by atoms with Crippen LogP contribution in [-0.2, 0) is 4.79 Å². The maximum absolute atomic E-state index is 14.2. The molecule has 7 nitrogen and oxygen atoms in total. The van der Waals surface area contributed by atoms with E-state index in [-0.39, 0.29) is 23.8 Å². The summed E-state index contributed by atoms with van der Waals surface area (Å²) in [5.74, 6) is 0.818. The van der Waals surface area contributed by atoms with Crippen LogP contribution in [0.4, 0.5) is 9.52 Å². The average molecular weight is 524 g/mol. The predicted octanol–water partition coefficient (Wildman–Crippen LogP) is 5.27. The van der Waals surface area contributed by atoms with Crippen molar-refractivity contribution in [3.8, 4) is 17.2 Å². The van der Waals surface area contributed by atoms with E-state index in [9.17, 15) is 9.18 Å². The van der Waals surface area contributed by atoms with Crippen LogP contribution in [-0.4, -0.2) is 63.3 Å². The van der Waals surface area contributed by atoms with Crippen LogP contribution in [0.15, 0.2) is 36.4 Å². The number of nitrogens with zero attached hydrogens (tertiary/aromatic N) is 3. The lowest BCUT2D eigenvalue weighted by atomic mass is 10.1. The molecule has 0 fully saturated rings. The molecular weight excluding hydrogens is 493 g/mol. The molecule has 0 N–H and O–H groups in total. The number of para-hydroxylation sites is 1. The van der Waals surface area contributed by atoms with Gasteiger partial charge in [0.15, 0.2) is 16.6 Å². The Bertz CT molecular complexity index is 1140. The van der Waals surface area contributed by atoms with E-state index in [1.165, 1.54) is 44.8 Å². The highest BCUT2D eigenvalue weighted by molar-refractivity contribution is 7.22. The highest BCUT2D eigenvalue weighted by Crippen LogP contribution is 2.38.